The van der Waals surface area contributed by atoms with Crippen LogP contribution >= 0.6 is 0 Å². The number of hydrogen-bond acceptors (Lipinski definition) is 3. The number of carboxylic acids is 1. The van der Waals surface area contributed by atoms with Crippen molar-refractivity contribution in [1.29, 1.82) is 0 Å². The Balaban J connectivity index is 1.97. The summed E-state index contributed by atoms with van der Waals surface area (Å²) in [5, 5.41) is 12.0. The molecule has 0 saturated heterocycles. The normalized spacial score (nSPS) is 10.1. The number of nitrogens with zero attached hydrogens (tertiary/aromatic N) is 1. The molecule has 2 aromatic rings. The molecule has 4 heteroatoms. The fourth-order valence-corrected chi connectivity index (χ4v) is 1.53. The summed E-state index contributed by atoms with van der Waals surface area (Å²) in [5.74, 6) is -0.915. The van der Waals surface area contributed by atoms with Crippen molar-refractivity contribution in [3.63, 3.8) is 0 Å². The largest absolute Gasteiger partial charge is 0.478 e. The average molecular weight is 242 g/mol. The molecule has 0 atom stereocenters. The Kier molecular flexibility index (Phi) is 3.57. The molecular formula is C14H14N2O2. The van der Waals surface area contributed by atoms with E-state index in [0.717, 1.165) is 16.9 Å². The second kappa shape index (κ2) is 5.31. The zero-order chi connectivity index (χ0) is 13.0. The Bertz CT molecular complexity index is 533. The van der Waals surface area contributed by atoms with Crippen LogP contribution in [0.15, 0.2) is 42.6 Å². The maximum absolute atomic E-state index is 10.7. The van der Waals surface area contributed by atoms with Crippen LogP contribution in [-0.4, -0.2) is 16.1 Å². The highest BCUT2D eigenvalue weighted by atomic mass is 16.4. The van der Waals surface area contributed by atoms with Crippen LogP contribution in [-0.2, 0) is 6.54 Å². The summed E-state index contributed by atoms with van der Waals surface area (Å²) in [6, 6.07) is 10.6. The van der Waals surface area contributed by atoms with E-state index >= 15 is 0 Å². The van der Waals surface area contributed by atoms with Crippen molar-refractivity contribution in [3.8, 4) is 0 Å². The van der Waals surface area contributed by atoms with Gasteiger partial charge in [0.2, 0.25) is 0 Å². The molecule has 1 aromatic carbocycles. The predicted molar refractivity (Wildman–Crippen MR) is 69.7 cm³/mol. The second-order valence-corrected chi connectivity index (χ2v) is 4.06. The summed E-state index contributed by atoms with van der Waals surface area (Å²) in [6.07, 6.45) is 1.82. The SMILES string of the molecule is Cc1ccc(CNc2ccc(C(=O)O)cc2)nc1. The molecular weight excluding hydrogens is 228 g/mol. The van der Waals surface area contributed by atoms with Crippen LogP contribution in [0, 0.1) is 6.92 Å². The molecule has 1 heterocycles. The van der Waals surface area contributed by atoms with Crippen molar-refractivity contribution in [2.24, 2.45) is 0 Å². The summed E-state index contributed by atoms with van der Waals surface area (Å²) in [6.45, 7) is 2.61. The fourth-order valence-electron chi connectivity index (χ4n) is 1.53. The van der Waals surface area contributed by atoms with Crippen molar-refractivity contribution >= 4 is 11.7 Å². The smallest absolute Gasteiger partial charge is 0.335 e. The number of aromatic nitrogens is 1. The zero-order valence-electron chi connectivity index (χ0n) is 10.1. The molecule has 92 valence electrons. The number of aromatic carboxylic acids is 1. The molecule has 0 spiro atoms. The zero-order valence-corrected chi connectivity index (χ0v) is 10.1. The molecule has 4 nitrogen and oxygen atoms in total. The van der Waals surface area contributed by atoms with Crippen molar-refractivity contribution in [2.45, 2.75) is 13.5 Å². The lowest BCUT2D eigenvalue weighted by Gasteiger charge is -2.06. The van der Waals surface area contributed by atoms with Gasteiger partial charge in [-0.3, -0.25) is 4.98 Å². The number of carboxylic acid groups (broad SMARTS) is 1. The van der Waals surface area contributed by atoms with Gasteiger partial charge >= 0.3 is 5.97 Å². The maximum Gasteiger partial charge on any atom is 0.335 e. The van der Waals surface area contributed by atoms with Crippen LogP contribution < -0.4 is 5.32 Å². The molecule has 0 amide bonds. The molecule has 0 bridgehead atoms. The monoisotopic (exact) mass is 242 g/mol. The quantitative estimate of drug-likeness (QED) is 0.865. The van der Waals surface area contributed by atoms with Gasteiger partial charge in [-0.2, -0.15) is 0 Å². The van der Waals surface area contributed by atoms with Crippen LogP contribution in [0.2, 0.25) is 0 Å². The molecule has 1 aromatic heterocycles. The summed E-state index contributed by atoms with van der Waals surface area (Å²) < 4.78 is 0. The lowest BCUT2D eigenvalue weighted by atomic mass is 10.2. The molecule has 0 aliphatic carbocycles. The highest BCUT2D eigenvalue weighted by Crippen LogP contribution is 2.10. The van der Waals surface area contributed by atoms with E-state index in [1.165, 1.54) is 0 Å². The van der Waals surface area contributed by atoms with Crippen molar-refractivity contribution in [3.05, 3.63) is 59.4 Å². The second-order valence-electron chi connectivity index (χ2n) is 4.06. The molecule has 0 aliphatic heterocycles. The number of carbonyl (C=O) groups is 1. The van der Waals surface area contributed by atoms with Crippen molar-refractivity contribution < 1.29 is 9.90 Å². The van der Waals surface area contributed by atoms with Crippen LogP contribution in [0.4, 0.5) is 5.69 Å². The molecule has 2 N–H and O–H groups in total. The molecule has 0 fully saturated rings. The number of aryl methyl sites for hydroxylation is 1. The molecule has 0 saturated carbocycles. The Labute approximate surface area is 105 Å². The van der Waals surface area contributed by atoms with E-state index in [9.17, 15) is 4.79 Å². The third-order valence-corrected chi connectivity index (χ3v) is 2.58. The van der Waals surface area contributed by atoms with Gasteiger partial charge in [0, 0.05) is 11.9 Å². The average Bonchev–Trinajstić information content (AvgIpc) is 2.38. The van der Waals surface area contributed by atoms with E-state index in [4.69, 9.17) is 5.11 Å². The Hall–Kier alpha value is -2.36. The first-order chi connectivity index (χ1) is 8.65. The molecule has 0 radical (unpaired) electrons. The van der Waals surface area contributed by atoms with Crippen LogP contribution in [0.25, 0.3) is 0 Å². The van der Waals surface area contributed by atoms with E-state index in [2.05, 4.69) is 10.3 Å². The Morgan fingerprint density at radius 1 is 1.22 bits per heavy atom. The van der Waals surface area contributed by atoms with Crippen LogP contribution in [0.3, 0.4) is 0 Å². The van der Waals surface area contributed by atoms with Gasteiger partial charge in [0.25, 0.3) is 0 Å². The molecule has 0 aliphatic rings. The highest BCUT2D eigenvalue weighted by molar-refractivity contribution is 5.87. The lowest BCUT2D eigenvalue weighted by Crippen LogP contribution is -2.02. The highest BCUT2D eigenvalue weighted by Gasteiger charge is 2.01. The summed E-state index contributed by atoms with van der Waals surface area (Å²) in [5.41, 5.74) is 3.24. The predicted octanol–water partition coefficient (Wildman–Crippen LogP) is 2.70. The van der Waals surface area contributed by atoms with Crippen molar-refractivity contribution in [1.82, 2.24) is 4.98 Å². The Morgan fingerprint density at radius 3 is 2.50 bits per heavy atom. The molecule has 0 unspecified atom stereocenters. The summed E-state index contributed by atoms with van der Waals surface area (Å²) >= 11 is 0. The first kappa shape index (κ1) is 12.1. The number of anilines is 1. The van der Waals surface area contributed by atoms with Gasteiger partial charge in [0.15, 0.2) is 0 Å². The lowest BCUT2D eigenvalue weighted by molar-refractivity contribution is 0.0697. The first-order valence-electron chi connectivity index (χ1n) is 5.64. The third kappa shape index (κ3) is 3.07. The van der Waals surface area contributed by atoms with E-state index in [0.29, 0.717) is 6.54 Å². The maximum atomic E-state index is 10.7. The number of pyridine rings is 1. The fraction of sp³-hybridized carbons (Fsp3) is 0.143. The molecule has 2 rings (SSSR count). The topological polar surface area (TPSA) is 62.2 Å². The third-order valence-electron chi connectivity index (χ3n) is 2.58. The van der Waals surface area contributed by atoms with Gasteiger partial charge in [0.1, 0.15) is 0 Å². The van der Waals surface area contributed by atoms with Crippen molar-refractivity contribution in [2.75, 3.05) is 5.32 Å². The number of benzene rings is 1. The van der Waals surface area contributed by atoms with Gasteiger partial charge in [-0.15, -0.1) is 0 Å². The number of rotatable bonds is 4. The standard InChI is InChI=1S/C14H14N2O2/c1-10-2-5-13(15-8-10)9-16-12-6-3-11(4-7-12)14(17)18/h2-8,16H,9H2,1H3,(H,17,18). The van der Waals surface area contributed by atoms with E-state index < -0.39 is 5.97 Å². The Morgan fingerprint density at radius 2 is 1.94 bits per heavy atom. The minimum absolute atomic E-state index is 0.286. The number of nitrogens with one attached hydrogen (secondary N) is 1. The van der Waals surface area contributed by atoms with Gasteiger partial charge in [-0.05, 0) is 42.8 Å². The van der Waals surface area contributed by atoms with Crippen LogP contribution in [0.5, 0.6) is 0 Å². The van der Waals surface area contributed by atoms with E-state index in [1.54, 1.807) is 24.3 Å². The van der Waals surface area contributed by atoms with Crippen LogP contribution in [0.1, 0.15) is 21.6 Å². The van der Waals surface area contributed by atoms with Gasteiger partial charge in [-0.25, -0.2) is 4.79 Å². The minimum Gasteiger partial charge on any atom is -0.478 e. The number of hydrogen-bond donors (Lipinski definition) is 2. The summed E-state index contributed by atoms with van der Waals surface area (Å²) in [4.78, 5) is 15.0. The van der Waals surface area contributed by atoms with Gasteiger partial charge < -0.3 is 10.4 Å². The minimum atomic E-state index is -0.915. The first-order valence-corrected chi connectivity index (χ1v) is 5.64. The van der Waals surface area contributed by atoms with E-state index in [1.807, 2.05) is 25.3 Å². The van der Waals surface area contributed by atoms with Gasteiger partial charge in [-0.1, -0.05) is 6.07 Å². The molecule has 18 heavy (non-hydrogen) atoms. The summed E-state index contributed by atoms with van der Waals surface area (Å²) in [7, 11) is 0. The van der Waals surface area contributed by atoms with Gasteiger partial charge in [0.05, 0.1) is 17.8 Å². The van der Waals surface area contributed by atoms with E-state index in [-0.39, 0.29) is 5.56 Å².